The molecule has 7 heteroatoms. The monoisotopic (exact) mass is 307 g/mol. The Morgan fingerprint density at radius 1 is 1.25 bits per heavy atom. The summed E-state index contributed by atoms with van der Waals surface area (Å²) < 4.78 is 61.6. The lowest BCUT2D eigenvalue weighted by Crippen LogP contribution is -2.20. The Hall–Kier alpha value is -1.08. The third-order valence-corrected chi connectivity index (χ3v) is 4.92. The molecule has 1 N–H and O–H groups in total. The fourth-order valence-electron chi connectivity index (χ4n) is 1.84. The van der Waals surface area contributed by atoms with Crippen LogP contribution < -0.4 is 5.32 Å². The van der Waals surface area contributed by atoms with Crippen molar-refractivity contribution in [2.45, 2.75) is 36.4 Å². The third-order valence-electron chi connectivity index (χ3n) is 3.12. The van der Waals surface area contributed by atoms with E-state index in [0.29, 0.717) is 25.1 Å². The fraction of sp³-hybridized carbons (Fsp3) is 0.538. The molecule has 0 heterocycles. The largest absolute Gasteiger partial charge is 0.416 e. The highest BCUT2D eigenvalue weighted by atomic mass is 32.2. The summed E-state index contributed by atoms with van der Waals surface area (Å²) in [6, 6.07) is 4.39. The van der Waals surface area contributed by atoms with E-state index < -0.39 is 21.6 Å². The first-order valence-electron chi connectivity index (χ1n) is 6.42. The SMILES string of the molecule is O=S(=O)(CCCNC1CC1)c1cccc(C(F)(F)F)c1. The van der Waals surface area contributed by atoms with Gasteiger partial charge in [0.15, 0.2) is 9.84 Å². The second-order valence-electron chi connectivity index (χ2n) is 4.93. The van der Waals surface area contributed by atoms with Gasteiger partial charge in [-0.1, -0.05) is 6.07 Å². The zero-order valence-electron chi connectivity index (χ0n) is 10.8. The van der Waals surface area contributed by atoms with Crippen LogP contribution in [0.2, 0.25) is 0 Å². The number of alkyl halides is 3. The zero-order chi connectivity index (χ0) is 14.8. The van der Waals surface area contributed by atoms with Crippen LogP contribution in [-0.2, 0) is 16.0 Å². The Bertz CT molecular complexity index is 565. The van der Waals surface area contributed by atoms with E-state index in [4.69, 9.17) is 0 Å². The molecule has 112 valence electrons. The number of benzene rings is 1. The van der Waals surface area contributed by atoms with Crippen LogP contribution in [0.3, 0.4) is 0 Å². The van der Waals surface area contributed by atoms with Crippen molar-refractivity contribution in [1.82, 2.24) is 5.32 Å². The molecule has 0 saturated heterocycles. The molecule has 20 heavy (non-hydrogen) atoms. The second-order valence-corrected chi connectivity index (χ2v) is 7.04. The van der Waals surface area contributed by atoms with Crippen molar-refractivity contribution in [3.8, 4) is 0 Å². The molecule has 0 aliphatic heterocycles. The van der Waals surface area contributed by atoms with Crippen LogP contribution in [0.1, 0.15) is 24.8 Å². The van der Waals surface area contributed by atoms with Crippen LogP contribution in [0.15, 0.2) is 29.2 Å². The molecule has 0 bridgehead atoms. The van der Waals surface area contributed by atoms with Gasteiger partial charge in [-0.3, -0.25) is 0 Å². The maximum Gasteiger partial charge on any atom is 0.416 e. The van der Waals surface area contributed by atoms with E-state index in [1.54, 1.807) is 0 Å². The van der Waals surface area contributed by atoms with Crippen molar-refractivity contribution < 1.29 is 21.6 Å². The smallest absolute Gasteiger partial charge is 0.314 e. The summed E-state index contributed by atoms with van der Waals surface area (Å²) in [7, 11) is -3.66. The number of hydrogen-bond acceptors (Lipinski definition) is 3. The first-order chi connectivity index (χ1) is 9.29. The lowest BCUT2D eigenvalue weighted by molar-refractivity contribution is -0.137. The van der Waals surface area contributed by atoms with E-state index in [1.165, 1.54) is 6.07 Å². The topological polar surface area (TPSA) is 46.2 Å². The number of rotatable bonds is 6. The van der Waals surface area contributed by atoms with Gasteiger partial charge in [-0.25, -0.2) is 8.42 Å². The molecule has 1 fully saturated rings. The number of nitrogens with one attached hydrogen (secondary N) is 1. The fourth-order valence-corrected chi connectivity index (χ4v) is 3.19. The van der Waals surface area contributed by atoms with Gasteiger partial charge in [-0.15, -0.1) is 0 Å². The molecule has 0 aromatic heterocycles. The molecule has 0 unspecified atom stereocenters. The Morgan fingerprint density at radius 2 is 1.95 bits per heavy atom. The molecule has 1 aliphatic rings. The van der Waals surface area contributed by atoms with Gasteiger partial charge in [-0.05, 0) is 44.0 Å². The summed E-state index contributed by atoms with van der Waals surface area (Å²) in [6.45, 7) is 0.572. The minimum Gasteiger partial charge on any atom is -0.314 e. The highest BCUT2D eigenvalue weighted by Crippen LogP contribution is 2.30. The maximum absolute atomic E-state index is 12.6. The molecular formula is C13H16F3NO2S. The molecular weight excluding hydrogens is 291 g/mol. The molecule has 1 aromatic carbocycles. The predicted molar refractivity (Wildman–Crippen MR) is 69.1 cm³/mol. The van der Waals surface area contributed by atoms with Crippen molar-refractivity contribution >= 4 is 9.84 Å². The average molecular weight is 307 g/mol. The molecule has 1 aromatic rings. The zero-order valence-corrected chi connectivity index (χ0v) is 11.6. The minimum absolute atomic E-state index is 0.145. The van der Waals surface area contributed by atoms with Crippen LogP contribution in [0, 0.1) is 0 Å². The van der Waals surface area contributed by atoms with E-state index >= 15 is 0 Å². The van der Waals surface area contributed by atoms with Crippen molar-refractivity contribution in [1.29, 1.82) is 0 Å². The second kappa shape index (κ2) is 5.73. The van der Waals surface area contributed by atoms with Gasteiger partial charge in [0.2, 0.25) is 0 Å². The molecule has 3 nitrogen and oxygen atoms in total. The quantitative estimate of drug-likeness (QED) is 0.822. The summed E-state index contributed by atoms with van der Waals surface area (Å²) in [5, 5.41) is 3.17. The van der Waals surface area contributed by atoms with Gasteiger partial charge in [0.1, 0.15) is 0 Å². The van der Waals surface area contributed by atoms with Gasteiger partial charge in [-0.2, -0.15) is 13.2 Å². The summed E-state index contributed by atoms with van der Waals surface area (Å²) in [4.78, 5) is -0.265. The molecule has 2 rings (SSSR count). The van der Waals surface area contributed by atoms with Crippen molar-refractivity contribution in [3.05, 3.63) is 29.8 Å². The highest BCUT2D eigenvalue weighted by molar-refractivity contribution is 7.91. The van der Waals surface area contributed by atoms with Gasteiger partial charge < -0.3 is 5.32 Å². The molecule has 0 radical (unpaired) electrons. The van der Waals surface area contributed by atoms with E-state index in [0.717, 1.165) is 25.0 Å². The van der Waals surface area contributed by atoms with Crippen LogP contribution >= 0.6 is 0 Å². The summed E-state index contributed by atoms with van der Waals surface area (Å²) in [5.74, 6) is -0.145. The Labute approximate surface area is 116 Å². The lowest BCUT2D eigenvalue weighted by atomic mass is 10.2. The molecule has 0 amide bonds. The Kier molecular flexibility index (Phi) is 4.39. The molecule has 1 aliphatic carbocycles. The van der Waals surface area contributed by atoms with Gasteiger partial charge >= 0.3 is 6.18 Å². The first kappa shape index (κ1) is 15.3. The standard InChI is InChI=1S/C13H16F3NO2S/c14-13(15,16)10-3-1-4-12(9-10)20(18,19)8-2-7-17-11-5-6-11/h1,3-4,9,11,17H,2,5-8H2. The molecule has 0 atom stereocenters. The summed E-state index contributed by atoms with van der Waals surface area (Å²) in [5.41, 5.74) is -0.935. The lowest BCUT2D eigenvalue weighted by Gasteiger charge is -2.09. The van der Waals surface area contributed by atoms with Crippen LogP contribution in [0.4, 0.5) is 13.2 Å². The van der Waals surface area contributed by atoms with E-state index in [-0.39, 0.29) is 10.6 Å². The van der Waals surface area contributed by atoms with Crippen LogP contribution in [0.25, 0.3) is 0 Å². The average Bonchev–Trinajstić information content (AvgIpc) is 3.18. The van der Waals surface area contributed by atoms with Gasteiger partial charge in [0.05, 0.1) is 16.2 Å². The predicted octanol–water partition coefficient (Wildman–Crippen LogP) is 2.62. The first-order valence-corrected chi connectivity index (χ1v) is 8.08. The van der Waals surface area contributed by atoms with E-state index in [9.17, 15) is 21.6 Å². The van der Waals surface area contributed by atoms with E-state index in [1.807, 2.05) is 0 Å². The van der Waals surface area contributed by atoms with Crippen LogP contribution in [-0.4, -0.2) is 26.8 Å². The third kappa shape index (κ3) is 4.21. The van der Waals surface area contributed by atoms with Gasteiger partial charge in [0.25, 0.3) is 0 Å². The molecule has 1 saturated carbocycles. The van der Waals surface area contributed by atoms with Gasteiger partial charge in [0, 0.05) is 6.04 Å². The molecule has 0 spiro atoms. The Balaban J connectivity index is 2.00. The van der Waals surface area contributed by atoms with Crippen molar-refractivity contribution in [2.75, 3.05) is 12.3 Å². The minimum atomic E-state index is -4.53. The highest BCUT2D eigenvalue weighted by Gasteiger charge is 2.31. The van der Waals surface area contributed by atoms with Crippen molar-refractivity contribution in [3.63, 3.8) is 0 Å². The number of hydrogen-bond donors (Lipinski definition) is 1. The normalized spacial score (nSPS) is 16.4. The number of halogens is 3. The summed E-state index contributed by atoms with van der Waals surface area (Å²) in [6.07, 6.45) is -1.91. The maximum atomic E-state index is 12.6. The van der Waals surface area contributed by atoms with Crippen LogP contribution in [0.5, 0.6) is 0 Å². The Morgan fingerprint density at radius 3 is 2.55 bits per heavy atom. The number of sulfone groups is 1. The van der Waals surface area contributed by atoms with E-state index in [2.05, 4.69) is 5.32 Å². The summed E-state index contributed by atoms with van der Waals surface area (Å²) >= 11 is 0. The van der Waals surface area contributed by atoms with Crippen molar-refractivity contribution in [2.24, 2.45) is 0 Å².